The van der Waals surface area contributed by atoms with Gasteiger partial charge in [-0.25, -0.2) is 0 Å². The summed E-state index contributed by atoms with van der Waals surface area (Å²) >= 11 is 0. The third-order valence-electron chi connectivity index (χ3n) is 4.53. The summed E-state index contributed by atoms with van der Waals surface area (Å²) in [5.74, 6) is 0.841. The van der Waals surface area contributed by atoms with Crippen LogP contribution in [0.2, 0.25) is 0 Å². The van der Waals surface area contributed by atoms with E-state index in [1.807, 2.05) is 0 Å². The van der Waals surface area contributed by atoms with Crippen LogP contribution in [0.5, 0.6) is 0 Å². The second-order valence-electron chi connectivity index (χ2n) is 6.89. The molecule has 0 heterocycles. The quantitative estimate of drug-likeness (QED) is 0.692. The van der Waals surface area contributed by atoms with Gasteiger partial charge in [-0.15, -0.1) is 0 Å². The molecule has 0 saturated heterocycles. The van der Waals surface area contributed by atoms with Gasteiger partial charge in [0, 0.05) is 25.2 Å². The van der Waals surface area contributed by atoms with E-state index in [1.165, 1.54) is 12.8 Å². The molecular formula is C16H29N3O. The van der Waals surface area contributed by atoms with E-state index in [9.17, 15) is 5.26 Å². The third kappa shape index (κ3) is 4.44. The number of nitrogens with zero attached hydrogens (tertiary/aromatic N) is 2. The minimum absolute atomic E-state index is 0.317. The highest BCUT2D eigenvalue weighted by molar-refractivity contribution is 5.13. The van der Waals surface area contributed by atoms with Crippen LogP contribution in [-0.2, 0) is 4.74 Å². The lowest BCUT2D eigenvalue weighted by molar-refractivity contribution is 0.0911. The molecule has 0 spiro atoms. The minimum Gasteiger partial charge on any atom is -0.380 e. The van der Waals surface area contributed by atoms with Crippen molar-refractivity contribution in [3.8, 4) is 6.07 Å². The molecule has 20 heavy (non-hydrogen) atoms. The van der Waals surface area contributed by atoms with Gasteiger partial charge in [-0.3, -0.25) is 5.32 Å². The molecule has 0 bridgehead atoms. The van der Waals surface area contributed by atoms with Crippen molar-refractivity contribution in [2.24, 2.45) is 5.92 Å². The summed E-state index contributed by atoms with van der Waals surface area (Å²) in [7, 11) is 2.16. The van der Waals surface area contributed by atoms with E-state index in [1.54, 1.807) is 0 Å². The topological polar surface area (TPSA) is 48.3 Å². The SMILES string of the molecule is CC(C)NC1(C#N)CCC(N(C)CCOCC2CC2)C1. The Morgan fingerprint density at radius 2 is 2.15 bits per heavy atom. The second kappa shape index (κ2) is 6.89. The van der Waals surface area contributed by atoms with Crippen molar-refractivity contribution in [1.82, 2.24) is 10.2 Å². The molecule has 0 aromatic rings. The van der Waals surface area contributed by atoms with Crippen LogP contribution < -0.4 is 5.32 Å². The van der Waals surface area contributed by atoms with Crippen LogP contribution in [0.4, 0.5) is 0 Å². The molecule has 2 unspecified atom stereocenters. The van der Waals surface area contributed by atoms with Gasteiger partial charge < -0.3 is 9.64 Å². The number of rotatable bonds is 8. The Labute approximate surface area is 123 Å². The van der Waals surface area contributed by atoms with Gasteiger partial charge in [0.2, 0.25) is 0 Å². The van der Waals surface area contributed by atoms with Crippen molar-refractivity contribution < 1.29 is 4.74 Å². The van der Waals surface area contributed by atoms with Crippen LogP contribution in [0, 0.1) is 17.2 Å². The highest BCUT2D eigenvalue weighted by Crippen LogP contribution is 2.32. The fourth-order valence-corrected chi connectivity index (χ4v) is 3.14. The molecule has 4 heteroatoms. The van der Waals surface area contributed by atoms with Gasteiger partial charge in [-0.1, -0.05) is 0 Å². The molecule has 114 valence electrons. The second-order valence-corrected chi connectivity index (χ2v) is 6.89. The van der Waals surface area contributed by atoms with E-state index < -0.39 is 0 Å². The van der Waals surface area contributed by atoms with E-state index >= 15 is 0 Å². The molecule has 4 nitrogen and oxygen atoms in total. The fraction of sp³-hybridized carbons (Fsp3) is 0.938. The highest BCUT2D eigenvalue weighted by Gasteiger charge is 2.40. The molecule has 2 fully saturated rings. The first kappa shape index (κ1) is 15.8. The summed E-state index contributed by atoms with van der Waals surface area (Å²) in [4.78, 5) is 2.37. The van der Waals surface area contributed by atoms with Crippen LogP contribution in [0.15, 0.2) is 0 Å². The van der Waals surface area contributed by atoms with Gasteiger partial charge in [0.25, 0.3) is 0 Å². The maximum atomic E-state index is 9.49. The standard InChI is InChI=1S/C16H29N3O/c1-13(2)18-16(12-17)7-6-15(10-16)19(3)8-9-20-11-14-4-5-14/h13-15,18H,4-11H2,1-3H3. The number of nitrogens with one attached hydrogen (secondary N) is 1. The Hall–Kier alpha value is -0.630. The average molecular weight is 279 g/mol. The minimum atomic E-state index is -0.317. The molecule has 0 amide bonds. The number of nitriles is 1. The molecule has 2 saturated carbocycles. The Bertz CT molecular complexity index is 348. The lowest BCUT2D eigenvalue weighted by Crippen LogP contribution is -2.47. The molecule has 2 atom stereocenters. The van der Waals surface area contributed by atoms with Gasteiger partial charge in [-0.05, 0) is 58.9 Å². The number of likely N-dealkylation sites (N-methyl/N-ethyl adjacent to an activating group) is 1. The van der Waals surface area contributed by atoms with Gasteiger partial charge >= 0.3 is 0 Å². The Morgan fingerprint density at radius 3 is 2.75 bits per heavy atom. The maximum Gasteiger partial charge on any atom is 0.108 e. The van der Waals surface area contributed by atoms with E-state index in [0.29, 0.717) is 12.1 Å². The molecule has 0 aliphatic heterocycles. The number of hydrogen-bond acceptors (Lipinski definition) is 4. The first-order chi connectivity index (χ1) is 9.54. The first-order valence-electron chi connectivity index (χ1n) is 8.01. The highest BCUT2D eigenvalue weighted by atomic mass is 16.5. The molecule has 1 N–H and O–H groups in total. The summed E-state index contributed by atoms with van der Waals surface area (Å²) < 4.78 is 5.71. The third-order valence-corrected chi connectivity index (χ3v) is 4.53. The Balaban J connectivity index is 1.71. The first-order valence-corrected chi connectivity index (χ1v) is 8.01. The predicted octanol–water partition coefficient (Wildman–Crippen LogP) is 2.16. The summed E-state index contributed by atoms with van der Waals surface area (Å²) in [6.07, 6.45) is 5.70. The average Bonchev–Trinajstić information content (AvgIpc) is 3.14. The van der Waals surface area contributed by atoms with Crippen molar-refractivity contribution in [3.05, 3.63) is 0 Å². The van der Waals surface area contributed by atoms with E-state index in [4.69, 9.17) is 4.74 Å². The lowest BCUT2D eigenvalue weighted by Gasteiger charge is -2.28. The molecule has 0 radical (unpaired) electrons. The smallest absolute Gasteiger partial charge is 0.108 e. The zero-order chi connectivity index (χ0) is 14.6. The van der Waals surface area contributed by atoms with E-state index in [2.05, 4.69) is 37.2 Å². The van der Waals surface area contributed by atoms with Crippen molar-refractivity contribution in [2.45, 2.75) is 63.6 Å². The Kier molecular flexibility index (Phi) is 5.42. The van der Waals surface area contributed by atoms with Crippen LogP contribution >= 0.6 is 0 Å². The number of ether oxygens (including phenoxy) is 1. The van der Waals surface area contributed by atoms with Crippen LogP contribution in [-0.4, -0.2) is 49.3 Å². The zero-order valence-electron chi connectivity index (χ0n) is 13.2. The van der Waals surface area contributed by atoms with Crippen molar-refractivity contribution in [2.75, 3.05) is 26.8 Å². The normalized spacial score (nSPS) is 30.1. The molecule has 0 aromatic carbocycles. The van der Waals surface area contributed by atoms with Crippen molar-refractivity contribution in [1.29, 1.82) is 5.26 Å². The summed E-state index contributed by atoms with van der Waals surface area (Å²) in [6, 6.07) is 3.38. The van der Waals surface area contributed by atoms with E-state index in [0.717, 1.165) is 44.9 Å². The molecule has 2 aliphatic carbocycles. The lowest BCUT2D eigenvalue weighted by atomic mass is 9.98. The van der Waals surface area contributed by atoms with Crippen LogP contribution in [0.25, 0.3) is 0 Å². The van der Waals surface area contributed by atoms with Gasteiger partial charge in [0.05, 0.1) is 12.7 Å². The molecular weight excluding hydrogens is 250 g/mol. The summed E-state index contributed by atoms with van der Waals surface area (Å²) in [6.45, 7) is 6.96. The van der Waals surface area contributed by atoms with Crippen molar-refractivity contribution >= 4 is 0 Å². The van der Waals surface area contributed by atoms with Gasteiger partial charge in [-0.2, -0.15) is 5.26 Å². The Morgan fingerprint density at radius 1 is 1.40 bits per heavy atom. The molecule has 2 rings (SSSR count). The van der Waals surface area contributed by atoms with E-state index in [-0.39, 0.29) is 5.54 Å². The van der Waals surface area contributed by atoms with Gasteiger partial charge in [0.15, 0.2) is 0 Å². The summed E-state index contributed by atoms with van der Waals surface area (Å²) in [5.41, 5.74) is -0.317. The molecule has 0 aromatic heterocycles. The van der Waals surface area contributed by atoms with Crippen LogP contribution in [0.1, 0.15) is 46.0 Å². The number of hydrogen-bond donors (Lipinski definition) is 1. The largest absolute Gasteiger partial charge is 0.380 e. The molecule has 2 aliphatic rings. The zero-order valence-corrected chi connectivity index (χ0v) is 13.2. The fourth-order valence-electron chi connectivity index (χ4n) is 3.14. The maximum absolute atomic E-state index is 9.49. The summed E-state index contributed by atoms with van der Waals surface area (Å²) in [5, 5.41) is 13.0. The van der Waals surface area contributed by atoms with Crippen LogP contribution in [0.3, 0.4) is 0 Å². The predicted molar refractivity (Wildman–Crippen MR) is 80.4 cm³/mol. The monoisotopic (exact) mass is 279 g/mol. The van der Waals surface area contributed by atoms with Crippen molar-refractivity contribution in [3.63, 3.8) is 0 Å². The van der Waals surface area contributed by atoms with Gasteiger partial charge in [0.1, 0.15) is 5.54 Å².